The molecule has 0 aromatic carbocycles. The predicted molar refractivity (Wildman–Crippen MR) is 71.2 cm³/mol. The average Bonchev–Trinajstić information content (AvgIpc) is 3.09. The highest BCUT2D eigenvalue weighted by Crippen LogP contribution is 2.42. The third kappa shape index (κ3) is 5.07. The number of hydrogen-bond acceptors (Lipinski definition) is 3. The summed E-state index contributed by atoms with van der Waals surface area (Å²) in [5.41, 5.74) is 1.57. The van der Waals surface area contributed by atoms with Crippen molar-refractivity contribution in [3.63, 3.8) is 0 Å². The van der Waals surface area contributed by atoms with Crippen molar-refractivity contribution in [2.24, 2.45) is 17.0 Å². The minimum atomic E-state index is 0.205. The summed E-state index contributed by atoms with van der Waals surface area (Å²) >= 11 is 0. The van der Waals surface area contributed by atoms with E-state index in [0.29, 0.717) is 0 Å². The van der Waals surface area contributed by atoms with Crippen LogP contribution >= 0.6 is 0 Å². The Hall–Kier alpha value is -0.570. The fraction of sp³-hybridized carbons (Fsp3) is 0.929. The smallest absolute Gasteiger partial charge is 0.118 e. The first-order valence-electron chi connectivity index (χ1n) is 7.01. The Morgan fingerprint density at radius 2 is 1.76 bits per heavy atom. The lowest BCUT2D eigenvalue weighted by Gasteiger charge is -2.20. The van der Waals surface area contributed by atoms with Crippen LogP contribution in [0.25, 0.3) is 0 Å². The van der Waals surface area contributed by atoms with E-state index in [-0.39, 0.29) is 5.54 Å². The van der Waals surface area contributed by atoms with E-state index in [0.717, 1.165) is 31.4 Å². The first-order chi connectivity index (χ1) is 8.06. The zero-order valence-electron chi connectivity index (χ0n) is 11.5. The summed E-state index contributed by atoms with van der Waals surface area (Å²) in [4.78, 5) is 5.46. The molecule has 0 heterocycles. The molecule has 2 fully saturated rings. The molecule has 0 amide bonds. The summed E-state index contributed by atoms with van der Waals surface area (Å²) in [6, 6.07) is 0. The first kappa shape index (κ1) is 12.9. The second-order valence-corrected chi connectivity index (χ2v) is 6.43. The molecule has 2 aliphatic carbocycles. The van der Waals surface area contributed by atoms with Gasteiger partial charge in [0.1, 0.15) is 6.61 Å². The number of nitrogens with one attached hydrogen (secondary N) is 1. The molecule has 0 spiro atoms. The van der Waals surface area contributed by atoms with Crippen LogP contribution in [-0.2, 0) is 4.84 Å². The molecule has 0 radical (unpaired) electrons. The van der Waals surface area contributed by atoms with E-state index in [1.807, 2.05) is 0 Å². The number of rotatable bonds is 7. The van der Waals surface area contributed by atoms with Crippen molar-refractivity contribution in [1.82, 2.24) is 5.32 Å². The molecule has 0 aromatic rings. The summed E-state index contributed by atoms with van der Waals surface area (Å²) in [7, 11) is 0. The number of oxime groups is 1. The average molecular weight is 238 g/mol. The van der Waals surface area contributed by atoms with Crippen LogP contribution in [0.2, 0.25) is 0 Å². The van der Waals surface area contributed by atoms with Crippen LogP contribution in [0, 0.1) is 11.8 Å². The molecule has 3 nitrogen and oxygen atoms in total. The Morgan fingerprint density at radius 3 is 2.24 bits per heavy atom. The summed E-state index contributed by atoms with van der Waals surface area (Å²) < 4.78 is 0. The molecule has 1 N–H and O–H groups in total. The molecular formula is C14H26N2O. The standard InChI is InChI=1S/C14H26N2O/c1-14(2,3)15-9-4-10-17-16-13(11-5-6-11)12-7-8-12/h11-12,15H,4-10H2,1-3H3. The van der Waals surface area contributed by atoms with Gasteiger partial charge in [0, 0.05) is 17.4 Å². The molecule has 17 heavy (non-hydrogen) atoms. The normalized spacial score (nSPS) is 20.2. The molecule has 2 rings (SSSR count). The van der Waals surface area contributed by atoms with Crippen molar-refractivity contribution >= 4 is 5.71 Å². The first-order valence-corrected chi connectivity index (χ1v) is 7.01. The summed E-state index contributed by atoms with van der Waals surface area (Å²) in [6.07, 6.45) is 6.38. The van der Waals surface area contributed by atoms with Gasteiger partial charge < -0.3 is 10.2 Å². The Morgan fingerprint density at radius 1 is 1.18 bits per heavy atom. The van der Waals surface area contributed by atoms with Gasteiger partial charge in [-0.15, -0.1) is 0 Å². The van der Waals surface area contributed by atoms with Crippen LogP contribution in [-0.4, -0.2) is 24.4 Å². The summed E-state index contributed by atoms with van der Waals surface area (Å²) in [6.45, 7) is 8.30. The maximum absolute atomic E-state index is 5.46. The van der Waals surface area contributed by atoms with Gasteiger partial charge in [-0.3, -0.25) is 0 Å². The molecular weight excluding hydrogens is 212 g/mol. The van der Waals surface area contributed by atoms with Crippen molar-refractivity contribution in [2.75, 3.05) is 13.2 Å². The van der Waals surface area contributed by atoms with E-state index < -0.39 is 0 Å². The lowest BCUT2D eigenvalue weighted by atomic mass is 10.1. The molecule has 98 valence electrons. The molecule has 3 heteroatoms. The summed E-state index contributed by atoms with van der Waals surface area (Å²) in [5.74, 6) is 1.55. The van der Waals surface area contributed by atoms with E-state index in [1.165, 1.54) is 31.4 Å². The van der Waals surface area contributed by atoms with Crippen LogP contribution < -0.4 is 5.32 Å². The number of hydrogen-bond donors (Lipinski definition) is 1. The van der Waals surface area contributed by atoms with Crippen LogP contribution in [0.15, 0.2) is 5.16 Å². The van der Waals surface area contributed by atoms with E-state index in [9.17, 15) is 0 Å². The van der Waals surface area contributed by atoms with E-state index in [1.54, 1.807) is 0 Å². The fourth-order valence-electron chi connectivity index (χ4n) is 1.96. The Bertz CT molecular complexity index is 258. The minimum Gasteiger partial charge on any atom is -0.396 e. The van der Waals surface area contributed by atoms with Gasteiger partial charge in [0.2, 0.25) is 0 Å². The van der Waals surface area contributed by atoms with Gasteiger partial charge in [-0.2, -0.15) is 0 Å². The van der Waals surface area contributed by atoms with Gasteiger partial charge in [0.05, 0.1) is 5.71 Å². The molecule has 0 bridgehead atoms. The Kier molecular flexibility index (Phi) is 4.08. The topological polar surface area (TPSA) is 33.6 Å². The number of nitrogens with zero attached hydrogens (tertiary/aromatic N) is 1. The van der Waals surface area contributed by atoms with Crippen LogP contribution in [0.4, 0.5) is 0 Å². The van der Waals surface area contributed by atoms with E-state index in [2.05, 4.69) is 31.2 Å². The minimum absolute atomic E-state index is 0.205. The van der Waals surface area contributed by atoms with Crippen molar-refractivity contribution in [1.29, 1.82) is 0 Å². The quantitative estimate of drug-likeness (QED) is 0.420. The maximum atomic E-state index is 5.46. The van der Waals surface area contributed by atoms with Gasteiger partial charge in [-0.1, -0.05) is 5.16 Å². The highest BCUT2D eigenvalue weighted by Gasteiger charge is 2.38. The van der Waals surface area contributed by atoms with Crippen molar-refractivity contribution in [3.8, 4) is 0 Å². The molecule has 2 saturated carbocycles. The summed E-state index contributed by atoms with van der Waals surface area (Å²) in [5, 5.41) is 7.82. The van der Waals surface area contributed by atoms with Crippen molar-refractivity contribution in [2.45, 2.75) is 58.4 Å². The van der Waals surface area contributed by atoms with Crippen molar-refractivity contribution in [3.05, 3.63) is 0 Å². The molecule has 2 aliphatic rings. The van der Waals surface area contributed by atoms with Crippen molar-refractivity contribution < 1.29 is 4.84 Å². The van der Waals surface area contributed by atoms with Gasteiger partial charge in [-0.25, -0.2) is 0 Å². The largest absolute Gasteiger partial charge is 0.396 e. The molecule has 0 aromatic heterocycles. The SMILES string of the molecule is CC(C)(C)NCCCON=C(C1CC1)C1CC1. The lowest BCUT2D eigenvalue weighted by molar-refractivity contribution is 0.138. The highest BCUT2D eigenvalue weighted by molar-refractivity contribution is 5.92. The van der Waals surface area contributed by atoms with Crippen LogP contribution in [0.3, 0.4) is 0 Å². The molecule has 0 unspecified atom stereocenters. The fourth-order valence-corrected chi connectivity index (χ4v) is 1.96. The Balaban J connectivity index is 1.57. The van der Waals surface area contributed by atoms with Gasteiger partial charge >= 0.3 is 0 Å². The Labute approximate surface area is 105 Å². The maximum Gasteiger partial charge on any atom is 0.118 e. The predicted octanol–water partition coefficient (Wildman–Crippen LogP) is 2.96. The van der Waals surface area contributed by atoms with Gasteiger partial charge in [0.25, 0.3) is 0 Å². The second kappa shape index (κ2) is 5.38. The molecule has 0 saturated heterocycles. The van der Waals surface area contributed by atoms with Crippen LogP contribution in [0.1, 0.15) is 52.9 Å². The van der Waals surface area contributed by atoms with E-state index >= 15 is 0 Å². The third-order valence-electron chi connectivity index (χ3n) is 3.23. The molecule has 0 aliphatic heterocycles. The third-order valence-corrected chi connectivity index (χ3v) is 3.23. The van der Waals surface area contributed by atoms with Gasteiger partial charge in [0.15, 0.2) is 0 Å². The zero-order chi connectivity index (χ0) is 12.3. The highest BCUT2D eigenvalue weighted by atomic mass is 16.6. The van der Waals surface area contributed by atoms with Gasteiger partial charge in [-0.05, 0) is 59.4 Å². The second-order valence-electron chi connectivity index (χ2n) is 6.43. The monoisotopic (exact) mass is 238 g/mol. The lowest BCUT2D eigenvalue weighted by Crippen LogP contribution is -2.36. The zero-order valence-corrected chi connectivity index (χ0v) is 11.5. The van der Waals surface area contributed by atoms with E-state index in [4.69, 9.17) is 4.84 Å². The van der Waals surface area contributed by atoms with Crippen LogP contribution in [0.5, 0.6) is 0 Å². The molecule has 0 atom stereocenters.